The molecule has 1 heterocycles. The third kappa shape index (κ3) is 2.12. The van der Waals surface area contributed by atoms with Gasteiger partial charge in [-0.25, -0.2) is 0 Å². The Balaban J connectivity index is 1.74. The van der Waals surface area contributed by atoms with Gasteiger partial charge in [-0.05, 0) is 42.9 Å². The van der Waals surface area contributed by atoms with Gasteiger partial charge in [-0.1, -0.05) is 0 Å². The Hall–Kier alpha value is -1.22. The van der Waals surface area contributed by atoms with Gasteiger partial charge in [-0.15, -0.1) is 0 Å². The van der Waals surface area contributed by atoms with Crippen molar-refractivity contribution in [2.24, 2.45) is 5.92 Å². The zero-order valence-electron chi connectivity index (χ0n) is 10.4. The van der Waals surface area contributed by atoms with Crippen LogP contribution >= 0.6 is 0 Å². The topological polar surface area (TPSA) is 38.5 Å². The van der Waals surface area contributed by atoms with E-state index in [1.54, 1.807) is 7.11 Å². The van der Waals surface area contributed by atoms with Crippen molar-refractivity contribution < 1.29 is 4.74 Å². The molecule has 2 N–H and O–H groups in total. The van der Waals surface area contributed by atoms with Crippen molar-refractivity contribution in [2.75, 3.05) is 19.4 Å². The summed E-state index contributed by atoms with van der Waals surface area (Å²) in [6.07, 6.45) is 4.21. The van der Waals surface area contributed by atoms with Crippen LogP contribution in [0.3, 0.4) is 0 Å². The molecule has 1 saturated heterocycles. The molecule has 0 spiro atoms. The summed E-state index contributed by atoms with van der Waals surface area (Å²) >= 11 is 0. The van der Waals surface area contributed by atoms with Crippen LogP contribution in [0.15, 0.2) is 18.2 Å². The molecule has 1 aliphatic carbocycles. The molecule has 3 heteroatoms. The first-order valence-electron chi connectivity index (χ1n) is 6.42. The molecule has 2 unspecified atom stereocenters. The first-order valence-corrected chi connectivity index (χ1v) is 6.42. The number of anilines is 1. The lowest BCUT2D eigenvalue weighted by Gasteiger charge is -2.26. The van der Waals surface area contributed by atoms with E-state index in [1.807, 2.05) is 6.07 Å². The summed E-state index contributed by atoms with van der Waals surface area (Å²) in [5.41, 5.74) is 7.95. The lowest BCUT2D eigenvalue weighted by molar-refractivity contribution is 0.205. The number of nitrogen functional groups attached to an aromatic ring is 1. The van der Waals surface area contributed by atoms with E-state index in [9.17, 15) is 0 Å². The Morgan fingerprint density at radius 2 is 2.24 bits per heavy atom. The number of hydrogen-bond donors (Lipinski definition) is 1. The summed E-state index contributed by atoms with van der Waals surface area (Å²) < 4.78 is 5.26. The molecule has 3 rings (SSSR count). The molecule has 1 saturated carbocycles. The predicted octanol–water partition coefficient (Wildman–Crippen LogP) is 2.26. The average molecular weight is 232 g/mol. The lowest BCUT2D eigenvalue weighted by Crippen LogP contribution is -2.31. The highest BCUT2D eigenvalue weighted by Gasteiger charge is 2.37. The molecule has 3 nitrogen and oxygen atoms in total. The monoisotopic (exact) mass is 232 g/mol. The van der Waals surface area contributed by atoms with Gasteiger partial charge in [-0.2, -0.15) is 0 Å². The van der Waals surface area contributed by atoms with Crippen LogP contribution in [0.4, 0.5) is 5.69 Å². The Morgan fingerprint density at radius 3 is 2.88 bits per heavy atom. The van der Waals surface area contributed by atoms with E-state index in [0.29, 0.717) is 0 Å². The van der Waals surface area contributed by atoms with Crippen LogP contribution in [-0.4, -0.2) is 24.6 Å². The summed E-state index contributed by atoms with van der Waals surface area (Å²) in [6, 6.07) is 6.85. The Morgan fingerprint density at radius 1 is 1.35 bits per heavy atom. The zero-order chi connectivity index (χ0) is 11.8. The van der Waals surface area contributed by atoms with E-state index in [4.69, 9.17) is 10.5 Å². The second kappa shape index (κ2) is 4.22. The molecule has 1 aromatic rings. The number of methoxy groups -OCH3 is 1. The fourth-order valence-corrected chi connectivity index (χ4v) is 3.35. The van der Waals surface area contributed by atoms with Gasteiger partial charge in [0, 0.05) is 30.9 Å². The molecule has 0 radical (unpaired) electrons. The minimum atomic E-state index is 0.795. The smallest absolute Gasteiger partial charge is 0.121 e. The number of benzene rings is 1. The van der Waals surface area contributed by atoms with Crippen molar-refractivity contribution in [1.82, 2.24) is 4.90 Å². The van der Waals surface area contributed by atoms with Gasteiger partial charge in [0.1, 0.15) is 5.75 Å². The minimum absolute atomic E-state index is 0.795. The van der Waals surface area contributed by atoms with Crippen LogP contribution in [0.2, 0.25) is 0 Å². The zero-order valence-corrected chi connectivity index (χ0v) is 10.4. The van der Waals surface area contributed by atoms with Gasteiger partial charge in [0.15, 0.2) is 0 Å². The third-order valence-electron chi connectivity index (χ3n) is 4.13. The first kappa shape index (κ1) is 10.9. The van der Waals surface area contributed by atoms with E-state index < -0.39 is 0 Å². The first-order chi connectivity index (χ1) is 8.24. The molecular formula is C14H20N2O. The maximum absolute atomic E-state index is 5.89. The average Bonchev–Trinajstić information content (AvgIpc) is 2.90. The number of nitrogens with zero attached hydrogens (tertiary/aromatic N) is 1. The van der Waals surface area contributed by atoms with Crippen LogP contribution < -0.4 is 10.5 Å². The molecule has 0 amide bonds. The summed E-state index contributed by atoms with van der Waals surface area (Å²) in [5.74, 6) is 1.81. The van der Waals surface area contributed by atoms with Crippen molar-refractivity contribution in [3.8, 4) is 5.75 Å². The molecule has 0 aromatic heterocycles. The molecule has 2 atom stereocenters. The van der Waals surface area contributed by atoms with Gasteiger partial charge in [0.05, 0.1) is 7.11 Å². The number of nitrogens with two attached hydrogens (primary N) is 1. The summed E-state index contributed by atoms with van der Waals surface area (Å²) in [7, 11) is 1.69. The maximum atomic E-state index is 5.89. The summed E-state index contributed by atoms with van der Waals surface area (Å²) in [4.78, 5) is 2.60. The highest BCUT2D eigenvalue weighted by atomic mass is 16.5. The summed E-state index contributed by atoms with van der Waals surface area (Å²) in [5, 5.41) is 0. The second-order valence-electron chi connectivity index (χ2n) is 5.38. The number of ether oxygens (including phenoxy) is 1. The minimum Gasteiger partial charge on any atom is -0.497 e. The fraction of sp³-hybridized carbons (Fsp3) is 0.571. The van der Waals surface area contributed by atoms with E-state index in [2.05, 4.69) is 17.0 Å². The number of rotatable bonds is 3. The normalized spacial score (nSPS) is 27.6. The summed E-state index contributed by atoms with van der Waals surface area (Å²) in [6.45, 7) is 2.28. The molecule has 2 bridgehead atoms. The Bertz CT molecular complexity index is 419. The molecule has 1 aromatic carbocycles. The van der Waals surface area contributed by atoms with Gasteiger partial charge in [-0.3, -0.25) is 4.90 Å². The highest BCUT2D eigenvalue weighted by Crippen LogP contribution is 2.38. The van der Waals surface area contributed by atoms with Crippen LogP contribution in [0.1, 0.15) is 24.8 Å². The van der Waals surface area contributed by atoms with Crippen molar-refractivity contribution in [2.45, 2.75) is 31.8 Å². The molecule has 92 valence electrons. The van der Waals surface area contributed by atoms with E-state index in [0.717, 1.165) is 29.9 Å². The van der Waals surface area contributed by atoms with Gasteiger partial charge < -0.3 is 10.5 Å². The van der Waals surface area contributed by atoms with Crippen molar-refractivity contribution in [3.05, 3.63) is 23.8 Å². The maximum Gasteiger partial charge on any atom is 0.121 e. The van der Waals surface area contributed by atoms with Crippen molar-refractivity contribution in [1.29, 1.82) is 0 Å². The Labute approximate surface area is 103 Å². The fourth-order valence-electron chi connectivity index (χ4n) is 3.35. The van der Waals surface area contributed by atoms with Crippen LogP contribution in [0.25, 0.3) is 0 Å². The lowest BCUT2D eigenvalue weighted by atomic mass is 10.1. The van der Waals surface area contributed by atoms with Crippen LogP contribution in [0, 0.1) is 5.92 Å². The number of piperidine rings is 1. The molecule has 2 aliphatic rings. The van der Waals surface area contributed by atoms with Crippen molar-refractivity contribution in [3.63, 3.8) is 0 Å². The third-order valence-corrected chi connectivity index (χ3v) is 4.13. The Kier molecular flexibility index (Phi) is 2.71. The largest absolute Gasteiger partial charge is 0.497 e. The van der Waals surface area contributed by atoms with Crippen LogP contribution in [-0.2, 0) is 6.54 Å². The van der Waals surface area contributed by atoms with Gasteiger partial charge >= 0.3 is 0 Å². The van der Waals surface area contributed by atoms with Crippen LogP contribution in [0.5, 0.6) is 5.75 Å². The standard InChI is InChI=1S/C14H20N2O/c1-17-14-6-11(4-12(15)7-14)9-16-8-10-2-3-13(16)5-10/h4,6-7,10,13H,2-3,5,8-9,15H2,1H3. The van der Waals surface area contributed by atoms with E-state index >= 15 is 0 Å². The van der Waals surface area contributed by atoms with E-state index in [1.165, 1.54) is 31.4 Å². The highest BCUT2D eigenvalue weighted by molar-refractivity contribution is 5.47. The quantitative estimate of drug-likeness (QED) is 0.812. The molecule has 17 heavy (non-hydrogen) atoms. The van der Waals surface area contributed by atoms with E-state index in [-0.39, 0.29) is 0 Å². The molecule has 2 fully saturated rings. The number of likely N-dealkylation sites (tertiary alicyclic amines) is 1. The molecule has 1 aliphatic heterocycles. The van der Waals surface area contributed by atoms with Gasteiger partial charge in [0.2, 0.25) is 0 Å². The SMILES string of the molecule is COc1cc(N)cc(CN2CC3CCC2C3)c1. The van der Waals surface area contributed by atoms with Crippen molar-refractivity contribution >= 4 is 5.69 Å². The number of hydrogen-bond acceptors (Lipinski definition) is 3. The molecular weight excluding hydrogens is 212 g/mol. The van der Waals surface area contributed by atoms with Gasteiger partial charge in [0.25, 0.3) is 0 Å². The second-order valence-corrected chi connectivity index (χ2v) is 5.38. The number of fused-ring (bicyclic) bond motifs is 2. The predicted molar refractivity (Wildman–Crippen MR) is 68.9 cm³/mol.